The van der Waals surface area contributed by atoms with Crippen molar-refractivity contribution in [3.8, 4) is 0 Å². The number of carbonyl (C=O) groups excluding carboxylic acids is 1. The number of halogens is 2. The summed E-state index contributed by atoms with van der Waals surface area (Å²) in [7, 11) is 0. The zero-order valence-electron chi connectivity index (χ0n) is 19.9. The summed E-state index contributed by atoms with van der Waals surface area (Å²) in [6.45, 7) is 9.04. The van der Waals surface area contributed by atoms with E-state index >= 15 is 0 Å². The maximum Gasteiger partial charge on any atom is 0.335 e. The zero-order chi connectivity index (χ0) is 24.9. The van der Waals surface area contributed by atoms with Gasteiger partial charge in [0.15, 0.2) is 0 Å². The van der Waals surface area contributed by atoms with Crippen molar-refractivity contribution in [1.82, 2.24) is 10.2 Å². The smallest absolute Gasteiger partial charge is 0.335 e. The molecule has 1 heterocycles. The van der Waals surface area contributed by atoms with Gasteiger partial charge in [0.05, 0.1) is 15.6 Å². The predicted octanol–water partition coefficient (Wildman–Crippen LogP) is 6.18. The zero-order valence-corrected chi connectivity index (χ0v) is 21.4. The molecule has 34 heavy (non-hydrogen) atoms. The number of hydrogen-bond acceptors (Lipinski definition) is 3. The van der Waals surface area contributed by atoms with E-state index in [0.29, 0.717) is 21.7 Å². The summed E-state index contributed by atoms with van der Waals surface area (Å²) in [4.78, 5) is 26.3. The number of rotatable bonds is 7. The summed E-state index contributed by atoms with van der Waals surface area (Å²) in [6, 6.07) is 11.7. The molecule has 2 aromatic rings. The monoisotopic (exact) mass is 505 g/mol. The number of hydrogen-bond donors (Lipinski definition) is 3. The highest BCUT2D eigenvalue weighted by Crippen LogP contribution is 2.28. The summed E-state index contributed by atoms with van der Waals surface area (Å²) in [6.07, 6.45) is 3.17. The molecule has 184 valence electrons. The van der Waals surface area contributed by atoms with Gasteiger partial charge in [0, 0.05) is 18.3 Å². The minimum atomic E-state index is -1.03. The van der Waals surface area contributed by atoms with E-state index in [1.165, 1.54) is 17.7 Å². The first kappa shape index (κ1) is 26.3. The quantitative estimate of drug-likeness (QED) is 0.419. The normalized spacial score (nSPS) is 16.1. The molecule has 1 aliphatic heterocycles. The molecule has 1 aliphatic rings. The van der Waals surface area contributed by atoms with Crippen LogP contribution in [0.2, 0.25) is 10.0 Å². The average Bonchev–Trinajstić information content (AvgIpc) is 2.76. The summed E-state index contributed by atoms with van der Waals surface area (Å²) in [5.41, 5.74) is 1.66. The summed E-state index contributed by atoms with van der Waals surface area (Å²) >= 11 is 12.2. The molecule has 3 rings (SSSR count). The van der Waals surface area contributed by atoms with Crippen molar-refractivity contribution in [2.45, 2.75) is 46.1 Å². The number of aromatic carboxylic acids is 1. The fourth-order valence-electron chi connectivity index (χ4n) is 4.22. The third kappa shape index (κ3) is 7.62. The number of likely N-dealkylation sites (tertiary alicyclic amines) is 1. The first-order chi connectivity index (χ1) is 16.0. The SMILES string of the molecule is CC(C)(C)C(CN1CCC(Cc2ccc(Cl)c(Cl)c2)CC1)NC(=O)Nc1cccc(C(=O)O)c1. The van der Waals surface area contributed by atoms with E-state index in [1.807, 2.05) is 18.2 Å². The molecule has 2 amide bonds. The van der Waals surface area contributed by atoms with Gasteiger partial charge in [0.25, 0.3) is 0 Å². The molecule has 1 unspecified atom stereocenters. The van der Waals surface area contributed by atoms with Gasteiger partial charge in [-0.3, -0.25) is 0 Å². The average molecular weight is 506 g/mol. The number of benzene rings is 2. The minimum absolute atomic E-state index is 0.0678. The minimum Gasteiger partial charge on any atom is -0.478 e. The lowest BCUT2D eigenvalue weighted by atomic mass is 9.85. The first-order valence-corrected chi connectivity index (χ1v) is 12.3. The molecule has 0 saturated carbocycles. The van der Waals surface area contributed by atoms with E-state index in [1.54, 1.807) is 12.1 Å². The van der Waals surface area contributed by atoms with Crippen LogP contribution in [0.25, 0.3) is 0 Å². The van der Waals surface area contributed by atoms with E-state index in [0.717, 1.165) is 38.9 Å². The highest BCUT2D eigenvalue weighted by Gasteiger charge is 2.30. The second-order valence-corrected chi connectivity index (χ2v) is 10.9. The van der Waals surface area contributed by atoms with Gasteiger partial charge in [-0.1, -0.05) is 56.1 Å². The lowest BCUT2D eigenvalue weighted by molar-refractivity contribution is 0.0697. The number of anilines is 1. The molecule has 6 nitrogen and oxygen atoms in total. The number of urea groups is 1. The molecule has 3 N–H and O–H groups in total. The number of carbonyl (C=O) groups is 2. The van der Waals surface area contributed by atoms with Crippen LogP contribution in [0.1, 0.15) is 49.5 Å². The fraction of sp³-hybridized carbons (Fsp3) is 0.462. The third-order valence-electron chi connectivity index (χ3n) is 6.37. The summed E-state index contributed by atoms with van der Waals surface area (Å²) in [5.74, 6) is -0.432. The molecule has 1 atom stereocenters. The van der Waals surface area contributed by atoms with Gasteiger partial charge < -0.3 is 20.6 Å². The van der Waals surface area contributed by atoms with Crippen LogP contribution >= 0.6 is 23.2 Å². The van der Waals surface area contributed by atoms with Gasteiger partial charge in [0.2, 0.25) is 0 Å². The van der Waals surface area contributed by atoms with Gasteiger partial charge in [-0.25, -0.2) is 9.59 Å². The predicted molar refractivity (Wildman–Crippen MR) is 138 cm³/mol. The highest BCUT2D eigenvalue weighted by atomic mass is 35.5. The van der Waals surface area contributed by atoms with Crippen molar-refractivity contribution in [3.63, 3.8) is 0 Å². The van der Waals surface area contributed by atoms with E-state index in [9.17, 15) is 9.59 Å². The molecule has 0 aromatic heterocycles. The lowest BCUT2D eigenvalue weighted by Crippen LogP contribution is -2.53. The fourth-order valence-corrected chi connectivity index (χ4v) is 4.54. The second kappa shape index (κ2) is 11.4. The van der Waals surface area contributed by atoms with E-state index < -0.39 is 5.97 Å². The van der Waals surface area contributed by atoms with Crippen LogP contribution in [0, 0.1) is 11.3 Å². The Hall–Kier alpha value is -2.28. The molecule has 0 bridgehead atoms. The van der Waals surface area contributed by atoms with Crippen LogP contribution in [0.3, 0.4) is 0 Å². The van der Waals surface area contributed by atoms with Crippen molar-refractivity contribution in [1.29, 1.82) is 0 Å². The largest absolute Gasteiger partial charge is 0.478 e. The van der Waals surface area contributed by atoms with Gasteiger partial charge in [0.1, 0.15) is 0 Å². The third-order valence-corrected chi connectivity index (χ3v) is 7.11. The number of carboxylic acids is 1. The topological polar surface area (TPSA) is 81.7 Å². The maximum atomic E-state index is 12.7. The first-order valence-electron chi connectivity index (χ1n) is 11.6. The molecule has 8 heteroatoms. The summed E-state index contributed by atoms with van der Waals surface area (Å²) in [5, 5.41) is 16.2. The number of piperidine rings is 1. The molecule has 0 radical (unpaired) electrons. The van der Waals surface area contributed by atoms with Crippen molar-refractivity contribution < 1.29 is 14.7 Å². The maximum absolute atomic E-state index is 12.7. The van der Waals surface area contributed by atoms with Crippen LogP contribution in [-0.2, 0) is 6.42 Å². The Balaban J connectivity index is 1.53. The summed E-state index contributed by atoms with van der Waals surface area (Å²) < 4.78 is 0. The van der Waals surface area contributed by atoms with E-state index in [-0.39, 0.29) is 23.1 Å². The molecule has 1 saturated heterocycles. The molecule has 2 aromatic carbocycles. The lowest BCUT2D eigenvalue weighted by Gasteiger charge is -2.39. The Morgan fingerprint density at radius 2 is 1.79 bits per heavy atom. The van der Waals surface area contributed by atoms with Gasteiger partial charge in [-0.05, 0) is 79.6 Å². The molecule has 0 aliphatic carbocycles. The Bertz CT molecular complexity index is 1010. The highest BCUT2D eigenvalue weighted by molar-refractivity contribution is 6.42. The molecular formula is C26H33Cl2N3O3. The van der Waals surface area contributed by atoms with Gasteiger partial charge in [-0.15, -0.1) is 0 Å². The van der Waals surface area contributed by atoms with Crippen molar-refractivity contribution in [2.75, 3.05) is 25.0 Å². The van der Waals surface area contributed by atoms with Crippen molar-refractivity contribution in [3.05, 3.63) is 63.6 Å². The van der Waals surface area contributed by atoms with Crippen LogP contribution in [0.5, 0.6) is 0 Å². The Labute approximate surface area is 211 Å². The van der Waals surface area contributed by atoms with E-state index in [2.05, 4.69) is 36.3 Å². The second-order valence-electron chi connectivity index (χ2n) is 10.1. The van der Waals surface area contributed by atoms with Crippen LogP contribution in [-0.4, -0.2) is 47.7 Å². The van der Waals surface area contributed by atoms with Crippen LogP contribution < -0.4 is 10.6 Å². The van der Waals surface area contributed by atoms with Crippen LogP contribution in [0.4, 0.5) is 10.5 Å². The molecule has 0 spiro atoms. The molecular weight excluding hydrogens is 473 g/mol. The standard InChI is InChI=1S/C26H33Cl2N3O3/c1-26(2,3)23(30-25(34)29-20-6-4-5-19(15-20)24(32)33)16-31-11-9-17(10-12-31)13-18-7-8-21(27)22(28)14-18/h4-8,14-15,17,23H,9-13,16H2,1-3H3,(H,32,33)(H2,29,30,34). The van der Waals surface area contributed by atoms with E-state index in [4.69, 9.17) is 28.3 Å². The molecule has 1 fully saturated rings. The number of nitrogens with one attached hydrogen (secondary N) is 2. The number of carboxylic acid groups (broad SMARTS) is 1. The number of nitrogens with zero attached hydrogens (tertiary/aromatic N) is 1. The Kier molecular flexibility index (Phi) is 8.85. The Morgan fingerprint density at radius 3 is 2.41 bits per heavy atom. The number of amides is 2. The Morgan fingerprint density at radius 1 is 1.09 bits per heavy atom. The van der Waals surface area contributed by atoms with Gasteiger partial charge in [-0.2, -0.15) is 0 Å². The van der Waals surface area contributed by atoms with Crippen molar-refractivity contribution in [2.24, 2.45) is 11.3 Å². The van der Waals surface area contributed by atoms with Gasteiger partial charge >= 0.3 is 12.0 Å². The van der Waals surface area contributed by atoms with Crippen molar-refractivity contribution >= 4 is 40.9 Å². The van der Waals surface area contributed by atoms with Crippen LogP contribution in [0.15, 0.2) is 42.5 Å².